The quantitative estimate of drug-likeness (QED) is 0.774. The standard InChI is InChI=1S/C12H18N4O3S/c17-12(14-10-1-6-20(18,19)9-10)8-15-4-5-16-3-2-13-11(16)7-15/h2-3,10H,1,4-9H2,(H,14,17). The van der Waals surface area contributed by atoms with Gasteiger partial charge in [-0.15, -0.1) is 0 Å². The zero-order valence-corrected chi connectivity index (χ0v) is 12.0. The number of sulfone groups is 1. The third kappa shape index (κ3) is 3.01. The molecule has 3 rings (SSSR count). The fraction of sp³-hybridized carbons (Fsp3) is 0.667. The number of hydrogen-bond donors (Lipinski definition) is 1. The minimum atomic E-state index is -2.95. The highest BCUT2D eigenvalue weighted by atomic mass is 32.2. The van der Waals surface area contributed by atoms with Crippen molar-refractivity contribution in [2.24, 2.45) is 0 Å². The van der Waals surface area contributed by atoms with Gasteiger partial charge in [-0.25, -0.2) is 13.4 Å². The molecule has 0 saturated carbocycles. The van der Waals surface area contributed by atoms with E-state index in [1.807, 2.05) is 11.1 Å². The summed E-state index contributed by atoms with van der Waals surface area (Å²) in [7, 11) is -2.95. The average molecular weight is 298 g/mol. The van der Waals surface area contributed by atoms with E-state index in [1.165, 1.54) is 0 Å². The fourth-order valence-electron chi connectivity index (χ4n) is 2.74. The largest absolute Gasteiger partial charge is 0.351 e. The van der Waals surface area contributed by atoms with E-state index in [-0.39, 0.29) is 23.5 Å². The van der Waals surface area contributed by atoms with E-state index >= 15 is 0 Å². The Labute approximate surface area is 117 Å². The molecule has 1 aromatic rings. The first-order chi connectivity index (χ1) is 9.52. The van der Waals surface area contributed by atoms with Crippen molar-refractivity contribution in [3.05, 3.63) is 18.2 Å². The van der Waals surface area contributed by atoms with Crippen LogP contribution in [-0.2, 0) is 27.7 Å². The number of amides is 1. The molecule has 0 aliphatic carbocycles. The SMILES string of the molecule is O=C(CN1CCn2ccnc2C1)NC1CCS(=O)(=O)C1. The molecule has 1 unspecified atom stereocenters. The normalized spacial score (nSPS) is 25.3. The molecule has 0 spiro atoms. The zero-order chi connectivity index (χ0) is 14.2. The molecule has 0 bridgehead atoms. The van der Waals surface area contributed by atoms with Crippen LogP contribution in [0.3, 0.4) is 0 Å². The minimum Gasteiger partial charge on any atom is -0.351 e. The Kier molecular flexibility index (Phi) is 3.51. The van der Waals surface area contributed by atoms with E-state index in [2.05, 4.69) is 14.9 Å². The second-order valence-electron chi connectivity index (χ2n) is 5.41. The first-order valence-corrected chi connectivity index (χ1v) is 8.56. The van der Waals surface area contributed by atoms with Crippen LogP contribution in [0.15, 0.2) is 12.4 Å². The van der Waals surface area contributed by atoms with E-state index in [9.17, 15) is 13.2 Å². The van der Waals surface area contributed by atoms with Crippen molar-refractivity contribution in [1.82, 2.24) is 19.8 Å². The van der Waals surface area contributed by atoms with E-state index in [4.69, 9.17) is 0 Å². The molecule has 20 heavy (non-hydrogen) atoms. The molecule has 7 nitrogen and oxygen atoms in total. The number of hydrogen-bond acceptors (Lipinski definition) is 5. The van der Waals surface area contributed by atoms with Gasteiger partial charge in [0.05, 0.1) is 24.6 Å². The lowest BCUT2D eigenvalue weighted by Gasteiger charge is -2.27. The molecule has 0 radical (unpaired) electrons. The number of fused-ring (bicyclic) bond motifs is 1. The molecule has 1 atom stereocenters. The fourth-order valence-corrected chi connectivity index (χ4v) is 4.42. The lowest BCUT2D eigenvalue weighted by atomic mass is 10.2. The smallest absolute Gasteiger partial charge is 0.234 e. The van der Waals surface area contributed by atoms with Crippen molar-refractivity contribution >= 4 is 15.7 Å². The van der Waals surface area contributed by atoms with Crippen LogP contribution in [0.25, 0.3) is 0 Å². The van der Waals surface area contributed by atoms with Crippen molar-refractivity contribution < 1.29 is 13.2 Å². The second kappa shape index (κ2) is 5.17. The molecular weight excluding hydrogens is 280 g/mol. The maximum atomic E-state index is 12.0. The Morgan fingerprint density at radius 3 is 3.05 bits per heavy atom. The highest BCUT2D eigenvalue weighted by molar-refractivity contribution is 7.91. The number of imidazole rings is 1. The Balaban J connectivity index is 1.51. The average Bonchev–Trinajstić information content (AvgIpc) is 2.95. The second-order valence-corrected chi connectivity index (χ2v) is 7.64. The summed E-state index contributed by atoms with van der Waals surface area (Å²) in [6.45, 7) is 2.59. The number of nitrogens with one attached hydrogen (secondary N) is 1. The molecule has 3 heterocycles. The molecular formula is C12H18N4O3S. The lowest BCUT2D eigenvalue weighted by molar-refractivity contribution is -0.123. The topological polar surface area (TPSA) is 84.3 Å². The van der Waals surface area contributed by atoms with Gasteiger partial charge in [0.25, 0.3) is 0 Å². The molecule has 1 N–H and O–H groups in total. The summed E-state index contributed by atoms with van der Waals surface area (Å²) in [6.07, 6.45) is 4.23. The van der Waals surface area contributed by atoms with Gasteiger partial charge in [0, 0.05) is 31.5 Å². The summed E-state index contributed by atoms with van der Waals surface area (Å²) in [4.78, 5) is 18.2. The molecule has 1 amide bonds. The molecule has 2 aliphatic heterocycles. The molecule has 1 fully saturated rings. The number of nitrogens with zero attached hydrogens (tertiary/aromatic N) is 3. The van der Waals surface area contributed by atoms with Crippen LogP contribution in [0.5, 0.6) is 0 Å². The van der Waals surface area contributed by atoms with Crippen molar-refractivity contribution in [3.8, 4) is 0 Å². The third-order valence-electron chi connectivity index (χ3n) is 3.79. The minimum absolute atomic E-state index is 0.0726. The van der Waals surface area contributed by atoms with E-state index < -0.39 is 9.84 Å². The van der Waals surface area contributed by atoms with E-state index in [1.54, 1.807) is 6.20 Å². The maximum Gasteiger partial charge on any atom is 0.234 e. The number of carbonyl (C=O) groups is 1. The summed E-state index contributed by atoms with van der Waals surface area (Å²) >= 11 is 0. The zero-order valence-electron chi connectivity index (χ0n) is 11.2. The monoisotopic (exact) mass is 298 g/mol. The van der Waals surface area contributed by atoms with Crippen molar-refractivity contribution in [1.29, 1.82) is 0 Å². The summed E-state index contributed by atoms with van der Waals surface area (Å²) < 4.78 is 24.8. The van der Waals surface area contributed by atoms with Gasteiger partial charge in [0.2, 0.25) is 5.91 Å². The van der Waals surface area contributed by atoms with Crippen LogP contribution in [-0.4, -0.2) is 59.4 Å². The van der Waals surface area contributed by atoms with Crippen LogP contribution >= 0.6 is 0 Å². The predicted molar refractivity (Wildman–Crippen MR) is 72.7 cm³/mol. The highest BCUT2D eigenvalue weighted by Gasteiger charge is 2.29. The predicted octanol–water partition coefficient (Wildman–Crippen LogP) is -0.998. The summed E-state index contributed by atoms with van der Waals surface area (Å²) in [5.41, 5.74) is 0. The summed E-state index contributed by atoms with van der Waals surface area (Å²) in [5.74, 6) is 1.11. The van der Waals surface area contributed by atoms with Gasteiger partial charge in [0.15, 0.2) is 9.84 Å². The van der Waals surface area contributed by atoms with Crippen LogP contribution in [0.2, 0.25) is 0 Å². The van der Waals surface area contributed by atoms with Crippen LogP contribution < -0.4 is 5.32 Å². The molecule has 110 valence electrons. The van der Waals surface area contributed by atoms with E-state index in [0.717, 1.165) is 18.9 Å². The molecule has 0 aromatic carbocycles. The van der Waals surface area contributed by atoms with E-state index in [0.29, 0.717) is 19.5 Å². The molecule has 1 aromatic heterocycles. The van der Waals surface area contributed by atoms with Gasteiger partial charge >= 0.3 is 0 Å². The summed E-state index contributed by atoms with van der Waals surface area (Å²) in [5, 5.41) is 2.81. The first kappa shape index (κ1) is 13.6. The van der Waals surface area contributed by atoms with Gasteiger partial charge in [-0.2, -0.15) is 0 Å². The van der Waals surface area contributed by atoms with Gasteiger partial charge in [-0.1, -0.05) is 0 Å². The number of aromatic nitrogens is 2. The maximum absolute atomic E-state index is 12.0. The molecule has 8 heteroatoms. The highest BCUT2D eigenvalue weighted by Crippen LogP contribution is 2.12. The van der Waals surface area contributed by atoms with Gasteiger partial charge in [-0.3, -0.25) is 9.69 Å². The molecule has 2 aliphatic rings. The number of rotatable bonds is 3. The van der Waals surface area contributed by atoms with Gasteiger partial charge in [0.1, 0.15) is 5.82 Å². The van der Waals surface area contributed by atoms with Crippen LogP contribution in [0.1, 0.15) is 12.2 Å². The van der Waals surface area contributed by atoms with Crippen LogP contribution in [0.4, 0.5) is 0 Å². The Bertz CT molecular complexity index is 610. The van der Waals surface area contributed by atoms with Gasteiger partial charge < -0.3 is 9.88 Å². The third-order valence-corrected chi connectivity index (χ3v) is 5.56. The molecule has 1 saturated heterocycles. The van der Waals surface area contributed by atoms with Crippen LogP contribution in [0, 0.1) is 0 Å². The van der Waals surface area contributed by atoms with Crippen molar-refractivity contribution in [2.45, 2.75) is 25.6 Å². The number of carbonyl (C=O) groups excluding carboxylic acids is 1. The first-order valence-electron chi connectivity index (χ1n) is 6.74. The summed E-state index contributed by atoms with van der Waals surface area (Å²) in [6, 6.07) is -0.223. The Morgan fingerprint density at radius 1 is 1.45 bits per heavy atom. The Morgan fingerprint density at radius 2 is 2.30 bits per heavy atom. The Hall–Kier alpha value is -1.41. The van der Waals surface area contributed by atoms with Crippen molar-refractivity contribution in [2.75, 3.05) is 24.6 Å². The van der Waals surface area contributed by atoms with Crippen molar-refractivity contribution in [3.63, 3.8) is 0 Å². The van der Waals surface area contributed by atoms with Gasteiger partial charge in [-0.05, 0) is 6.42 Å². The lowest BCUT2D eigenvalue weighted by Crippen LogP contribution is -2.44.